The summed E-state index contributed by atoms with van der Waals surface area (Å²) in [6, 6.07) is 0.0505. The summed E-state index contributed by atoms with van der Waals surface area (Å²) in [5.74, 6) is 0.431. The Bertz CT molecular complexity index is 216. The van der Waals surface area contributed by atoms with E-state index in [1.807, 2.05) is 20.9 Å². The minimum Gasteiger partial charge on any atom is -0.345 e. The van der Waals surface area contributed by atoms with Gasteiger partial charge in [-0.3, -0.25) is 4.79 Å². The first-order chi connectivity index (χ1) is 7.27. The highest BCUT2D eigenvalue weighted by atomic mass is 16.2. The zero-order chi connectivity index (χ0) is 12.9. The molecule has 0 aliphatic carbocycles. The van der Waals surface area contributed by atoms with E-state index in [4.69, 9.17) is 11.5 Å². The van der Waals surface area contributed by atoms with Crippen LogP contribution in [0.4, 0.5) is 0 Å². The van der Waals surface area contributed by atoms with Gasteiger partial charge >= 0.3 is 0 Å². The standard InChI is InChI=1S/C12H27N3O/c1-8(2)11(14)6-7-15(5)12(16)9(3)10(4)13/h8-11H,6-7,13-14H2,1-5H3. The normalized spacial score (nSPS) is 17.0. The first kappa shape index (κ1) is 15.4. The molecule has 0 aliphatic rings. The maximum absolute atomic E-state index is 11.9. The summed E-state index contributed by atoms with van der Waals surface area (Å²) >= 11 is 0. The molecule has 0 spiro atoms. The fraction of sp³-hybridized carbons (Fsp3) is 0.917. The fourth-order valence-corrected chi connectivity index (χ4v) is 1.36. The molecule has 0 fully saturated rings. The van der Waals surface area contributed by atoms with Crippen molar-refractivity contribution in [3.8, 4) is 0 Å². The minimum atomic E-state index is -0.125. The van der Waals surface area contributed by atoms with Crippen LogP contribution in [0.1, 0.15) is 34.1 Å². The van der Waals surface area contributed by atoms with Crippen LogP contribution in [-0.2, 0) is 4.79 Å². The summed E-state index contributed by atoms with van der Waals surface area (Å²) in [6.45, 7) is 8.62. The molecule has 0 bridgehead atoms. The van der Waals surface area contributed by atoms with E-state index < -0.39 is 0 Å². The van der Waals surface area contributed by atoms with E-state index in [0.717, 1.165) is 6.42 Å². The average molecular weight is 229 g/mol. The lowest BCUT2D eigenvalue weighted by Gasteiger charge is -2.25. The zero-order valence-corrected chi connectivity index (χ0v) is 11.2. The second kappa shape index (κ2) is 6.86. The van der Waals surface area contributed by atoms with Gasteiger partial charge in [-0.25, -0.2) is 0 Å². The van der Waals surface area contributed by atoms with Crippen molar-refractivity contribution in [3.63, 3.8) is 0 Å². The van der Waals surface area contributed by atoms with Crippen LogP contribution in [0.3, 0.4) is 0 Å². The van der Waals surface area contributed by atoms with E-state index in [1.165, 1.54) is 0 Å². The second-order valence-electron chi connectivity index (χ2n) is 5.10. The van der Waals surface area contributed by atoms with Gasteiger partial charge in [-0.05, 0) is 19.3 Å². The van der Waals surface area contributed by atoms with Crippen LogP contribution in [0, 0.1) is 11.8 Å². The van der Waals surface area contributed by atoms with E-state index in [2.05, 4.69) is 13.8 Å². The third-order valence-electron chi connectivity index (χ3n) is 3.21. The third kappa shape index (κ3) is 4.94. The number of nitrogens with zero attached hydrogens (tertiary/aromatic N) is 1. The predicted molar refractivity (Wildman–Crippen MR) is 67.9 cm³/mol. The lowest BCUT2D eigenvalue weighted by molar-refractivity contribution is -0.134. The first-order valence-electron chi connectivity index (χ1n) is 6.03. The Kier molecular flexibility index (Phi) is 6.60. The maximum Gasteiger partial charge on any atom is 0.226 e. The zero-order valence-electron chi connectivity index (χ0n) is 11.2. The molecule has 96 valence electrons. The van der Waals surface area contributed by atoms with Crippen molar-refractivity contribution < 1.29 is 4.79 Å². The van der Waals surface area contributed by atoms with Gasteiger partial charge in [-0.15, -0.1) is 0 Å². The molecule has 0 aromatic carbocycles. The van der Waals surface area contributed by atoms with Crippen LogP contribution in [0.5, 0.6) is 0 Å². The molecule has 4 nitrogen and oxygen atoms in total. The number of amides is 1. The highest BCUT2D eigenvalue weighted by molar-refractivity contribution is 5.78. The average Bonchev–Trinajstić information content (AvgIpc) is 2.22. The molecule has 1 amide bonds. The van der Waals surface area contributed by atoms with E-state index in [1.54, 1.807) is 4.90 Å². The molecule has 4 N–H and O–H groups in total. The number of carbonyl (C=O) groups excluding carboxylic acids is 1. The molecule has 0 heterocycles. The molecule has 0 rings (SSSR count). The van der Waals surface area contributed by atoms with Gasteiger partial charge in [0, 0.05) is 25.7 Å². The maximum atomic E-state index is 11.9. The van der Waals surface area contributed by atoms with Crippen LogP contribution < -0.4 is 11.5 Å². The molecular weight excluding hydrogens is 202 g/mol. The number of hydrogen-bond acceptors (Lipinski definition) is 3. The van der Waals surface area contributed by atoms with Crippen LogP contribution in [0.25, 0.3) is 0 Å². The van der Waals surface area contributed by atoms with E-state index in [0.29, 0.717) is 12.5 Å². The van der Waals surface area contributed by atoms with Gasteiger partial charge in [0.15, 0.2) is 0 Å². The van der Waals surface area contributed by atoms with Gasteiger partial charge < -0.3 is 16.4 Å². The Labute approximate surface area is 99.4 Å². The first-order valence-corrected chi connectivity index (χ1v) is 6.03. The fourth-order valence-electron chi connectivity index (χ4n) is 1.36. The Hall–Kier alpha value is -0.610. The predicted octanol–water partition coefficient (Wildman–Crippen LogP) is 0.802. The van der Waals surface area contributed by atoms with Gasteiger partial charge in [-0.1, -0.05) is 20.8 Å². The molecular formula is C12H27N3O. The van der Waals surface area contributed by atoms with Crippen molar-refractivity contribution >= 4 is 5.91 Å². The number of carbonyl (C=O) groups is 1. The number of hydrogen-bond donors (Lipinski definition) is 2. The Morgan fingerprint density at radius 3 is 2.06 bits per heavy atom. The SMILES string of the molecule is CC(C)C(N)CCN(C)C(=O)C(C)C(C)N. The second-order valence-corrected chi connectivity index (χ2v) is 5.10. The van der Waals surface area contributed by atoms with Gasteiger partial charge in [-0.2, -0.15) is 0 Å². The summed E-state index contributed by atoms with van der Waals surface area (Å²) in [5.41, 5.74) is 11.6. The number of rotatable bonds is 6. The van der Waals surface area contributed by atoms with Crippen LogP contribution in [0.15, 0.2) is 0 Å². The topological polar surface area (TPSA) is 72.3 Å². The van der Waals surface area contributed by atoms with E-state index in [-0.39, 0.29) is 23.9 Å². The van der Waals surface area contributed by atoms with Crippen molar-refractivity contribution in [2.24, 2.45) is 23.3 Å². The quantitative estimate of drug-likeness (QED) is 0.707. The lowest BCUT2D eigenvalue weighted by atomic mass is 10.0. The molecule has 4 heteroatoms. The Morgan fingerprint density at radius 2 is 1.69 bits per heavy atom. The summed E-state index contributed by atoms with van der Waals surface area (Å²) < 4.78 is 0. The van der Waals surface area contributed by atoms with Gasteiger partial charge in [0.1, 0.15) is 0 Å². The van der Waals surface area contributed by atoms with Crippen molar-refractivity contribution in [1.82, 2.24) is 4.90 Å². The van der Waals surface area contributed by atoms with Gasteiger partial charge in [0.2, 0.25) is 5.91 Å². The Morgan fingerprint density at radius 1 is 1.19 bits per heavy atom. The van der Waals surface area contributed by atoms with Crippen LogP contribution >= 0.6 is 0 Å². The Balaban J connectivity index is 4.06. The molecule has 3 atom stereocenters. The van der Waals surface area contributed by atoms with Crippen LogP contribution in [-0.4, -0.2) is 36.5 Å². The number of nitrogens with two attached hydrogens (primary N) is 2. The summed E-state index contributed by atoms with van der Waals surface area (Å²) in [5, 5.41) is 0. The third-order valence-corrected chi connectivity index (χ3v) is 3.21. The van der Waals surface area contributed by atoms with Crippen molar-refractivity contribution in [2.75, 3.05) is 13.6 Å². The molecule has 0 saturated carbocycles. The smallest absolute Gasteiger partial charge is 0.226 e. The summed E-state index contributed by atoms with van der Waals surface area (Å²) in [4.78, 5) is 13.6. The van der Waals surface area contributed by atoms with Gasteiger partial charge in [0.05, 0.1) is 5.92 Å². The molecule has 0 aromatic rings. The summed E-state index contributed by atoms with van der Waals surface area (Å²) in [7, 11) is 1.81. The highest BCUT2D eigenvalue weighted by Gasteiger charge is 2.21. The largest absolute Gasteiger partial charge is 0.345 e. The van der Waals surface area contributed by atoms with E-state index >= 15 is 0 Å². The minimum absolute atomic E-state index is 0.103. The van der Waals surface area contributed by atoms with Crippen LogP contribution in [0.2, 0.25) is 0 Å². The molecule has 3 unspecified atom stereocenters. The molecule has 0 aliphatic heterocycles. The lowest BCUT2D eigenvalue weighted by Crippen LogP contribution is -2.41. The monoisotopic (exact) mass is 229 g/mol. The molecule has 0 saturated heterocycles. The van der Waals surface area contributed by atoms with Crippen molar-refractivity contribution in [1.29, 1.82) is 0 Å². The van der Waals surface area contributed by atoms with Gasteiger partial charge in [0.25, 0.3) is 0 Å². The molecule has 0 radical (unpaired) electrons. The molecule has 16 heavy (non-hydrogen) atoms. The van der Waals surface area contributed by atoms with Crippen molar-refractivity contribution in [2.45, 2.75) is 46.2 Å². The molecule has 0 aromatic heterocycles. The highest BCUT2D eigenvalue weighted by Crippen LogP contribution is 2.08. The van der Waals surface area contributed by atoms with E-state index in [9.17, 15) is 4.79 Å². The van der Waals surface area contributed by atoms with Crippen molar-refractivity contribution in [3.05, 3.63) is 0 Å². The summed E-state index contributed by atoms with van der Waals surface area (Å²) in [6.07, 6.45) is 0.839.